The van der Waals surface area contributed by atoms with Crippen molar-refractivity contribution < 1.29 is 19.1 Å². The van der Waals surface area contributed by atoms with Crippen LogP contribution in [0.5, 0.6) is 5.75 Å². The number of Topliss-reactive ketones (excluding diaryl/α,β-unsaturated/α-hetero) is 1. The average Bonchev–Trinajstić information content (AvgIpc) is 2.48. The lowest BCUT2D eigenvalue weighted by molar-refractivity contribution is -0.138. The Kier molecular flexibility index (Phi) is 3.85. The van der Waals surface area contributed by atoms with Crippen LogP contribution in [0.25, 0.3) is 0 Å². The third kappa shape index (κ3) is 2.62. The number of esters is 1. The van der Waals surface area contributed by atoms with Crippen LogP contribution in [0, 0.1) is 5.92 Å². The molecule has 0 saturated carbocycles. The number of halogens is 1. The van der Waals surface area contributed by atoms with Gasteiger partial charge in [0.15, 0.2) is 5.78 Å². The van der Waals surface area contributed by atoms with Gasteiger partial charge in [0.05, 0.1) is 18.1 Å². The van der Waals surface area contributed by atoms with E-state index in [0.29, 0.717) is 36.3 Å². The number of ether oxygens (including phenoxy) is 2. The Morgan fingerprint density at radius 2 is 2.29 bits per heavy atom. The number of carbonyl (C=O) groups is 2. The van der Waals surface area contributed by atoms with Crippen molar-refractivity contribution in [2.45, 2.75) is 25.9 Å². The van der Waals surface area contributed by atoms with Gasteiger partial charge in [-0.05, 0) is 31.5 Å². The summed E-state index contributed by atoms with van der Waals surface area (Å²) in [6.45, 7) is 2.11. The first-order valence-electron chi connectivity index (χ1n) is 6.96. The van der Waals surface area contributed by atoms with Crippen LogP contribution in [-0.2, 0) is 9.53 Å². The Morgan fingerprint density at radius 1 is 1.48 bits per heavy atom. The summed E-state index contributed by atoms with van der Waals surface area (Å²) in [5.41, 5.74) is 1.16. The molecule has 0 saturated heterocycles. The zero-order chi connectivity index (χ0) is 15.0. The van der Waals surface area contributed by atoms with Crippen molar-refractivity contribution in [1.29, 1.82) is 0 Å². The molecule has 1 aromatic rings. The molecule has 0 aromatic heterocycles. The van der Waals surface area contributed by atoms with Crippen molar-refractivity contribution in [1.82, 2.24) is 0 Å². The molecule has 21 heavy (non-hydrogen) atoms. The van der Waals surface area contributed by atoms with Gasteiger partial charge in [-0.15, -0.1) is 0 Å². The van der Waals surface area contributed by atoms with E-state index in [2.05, 4.69) is 15.9 Å². The second-order valence-electron chi connectivity index (χ2n) is 5.16. The maximum absolute atomic E-state index is 12.6. The van der Waals surface area contributed by atoms with Gasteiger partial charge in [-0.3, -0.25) is 4.79 Å². The van der Waals surface area contributed by atoms with E-state index in [4.69, 9.17) is 9.47 Å². The summed E-state index contributed by atoms with van der Waals surface area (Å²) in [4.78, 5) is 24.5. The number of carbonyl (C=O) groups excluding carboxylic acids is 2. The molecule has 0 amide bonds. The number of fused-ring (bicyclic) bond motifs is 2. The van der Waals surface area contributed by atoms with E-state index >= 15 is 0 Å². The van der Waals surface area contributed by atoms with Crippen molar-refractivity contribution in [2.24, 2.45) is 5.92 Å². The lowest BCUT2D eigenvalue weighted by Crippen LogP contribution is -2.40. The summed E-state index contributed by atoms with van der Waals surface area (Å²) in [6.07, 6.45) is 2.58. The minimum atomic E-state index is -0.330. The van der Waals surface area contributed by atoms with E-state index in [9.17, 15) is 9.59 Å². The number of benzene rings is 1. The van der Waals surface area contributed by atoms with Gasteiger partial charge in [0, 0.05) is 16.5 Å². The highest BCUT2D eigenvalue weighted by Crippen LogP contribution is 2.39. The Labute approximate surface area is 131 Å². The summed E-state index contributed by atoms with van der Waals surface area (Å²) in [5, 5.41) is 0. The predicted molar refractivity (Wildman–Crippen MR) is 80.3 cm³/mol. The first-order chi connectivity index (χ1) is 10.1. The zero-order valence-electron chi connectivity index (χ0n) is 11.6. The van der Waals surface area contributed by atoms with Gasteiger partial charge in [0.1, 0.15) is 11.9 Å². The summed E-state index contributed by atoms with van der Waals surface area (Å²) in [7, 11) is 0. The molecule has 3 rings (SSSR count). The van der Waals surface area contributed by atoms with Crippen molar-refractivity contribution in [3.63, 3.8) is 0 Å². The molecule has 1 aliphatic carbocycles. The second-order valence-corrected chi connectivity index (χ2v) is 6.07. The monoisotopic (exact) mass is 350 g/mol. The summed E-state index contributed by atoms with van der Waals surface area (Å²) >= 11 is 3.37. The van der Waals surface area contributed by atoms with Gasteiger partial charge in [-0.25, -0.2) is 4.79 Å². The van der Waals surface area contributed by atoms with Crippen LogP contribution < -0.4 is 4.74 Å². The van der Waals surface area contributed by atoms with Gasteiger partial charge in [-0.2, -0.15) is 0 Å². The number of hydrogen-bond acceptors (Lipinski definition) is 4. The van der Waals surface area contributed by atoms with Crippen LogP contribution in [0.1, 0.15) is 30.1 Å². The highest BCUT2D eigenvalue weighted by atomic mass is 79.9. The molecule has 0 unspecified atom stereocenters. The lowest BCUT2D eigenvalue weighted by Gasteiger charge is -2.35. The topological polar surface area (TPSA) is 52.6 Å². The fraction of sp³-hybridized carbons (Fsp3) is 0.375. The Morgan fingerprint density at radius 3 is 3.05 bits per heavy atom. The molecule has 4 nitrogen and oxygen atoms in total. The van der Waals surface area contributed by atoms with Gasteiger partial charge >= 0.3 is 5.97 Å². The van der Waals surface area contributed by atoms with E-state index < -0.39 is 0 Å². The number of ketones is 1. The minimum Gasteiger partial charge on any atom is -0.489 e. The average molecular weight is 351 g/mol. The van der Waals surface area contributed by atoms with Crippen LogP contribution in [0.2, 0.25) is 0 Å². The molecular weight excluding hydrogens is 336 g/mol. The third-order valence-corrected chi connectivity index (χ3v) is 4.34. The highest BCUT2D eigenvalue weighted by Gasteiger charge is 2.40. The van der Waals surface area contributed by atoms with Crippen LogP contribution >= 0.6 is 15.9 Å². The molecule has 0 fully saturated rings. The summed E-state index contributed by atoms with van der Waals surface area (Å²) < 4.78 is 11.8. The van der Waals surface area contributed by atoms with E-state index in [-0.39, 0.29) is 23.8 Å². The molecule has 0 radical (unpaired) electrons. The quantitative estimate of drug-likeness (QED) is 0.768. The van der Waals surface area contributed by atoms with Gasteiger partial charge in [-0.1, -0.05) is 22.0 Å². The Hall–Kier alpha value is -1.62. The largest absolute Gasteiger partial charge is 0.489 e. The van der Waals surface area contributed by atoms with E-state index in [0.717, 1.165) is 4.47 Å². The summed E-state index contributed by atoms with van der Waals surface area (Å²) in [5.74, 6) is 0.0230. The zero-order valence-corrected chi connectivity index (χ0v) is 13.2. The third-order valence-electron chi connectivity index (χ3n) is 3.84. The van der Waals surface area contributed by atoms with E-state index in [1.165, 1.54) is 0 Å². The molecule has 1 aliphatic heterocycles. The standard InChI is InChI=1S/C16H15BrO4/c1-2-20-16(19)9-3-5-13-11(7-9)15(18)12-8-10(17)4-6-14(12)21-13/h3-4,6,8,11,13H,2,5,7H2,1H3/t11-,13-/m1/s1. The molecule has 5 heteroatoms. The first kappa shape index (κ1) is 14.3. The molecule has 1 heterocycles. The number of hydrogen-bond donors (Lipinski definition) is 0. The van der Waals surface area contributed by atoms with E-state index in [1.807, 2.05) is 12.1 Å². The molecular formula is C16H15BrO4. The molecule has 0 N–H and O–H groups in total. The Bertz CT molecular complexity index is 635. The fourth-order valence-electron chi connectivity index (χ4n) is 2.82. The molecule has 2 aliphatic rings. The van der Waals surface area contributed by atoms with Crippen molar-refractivity contribution in [3.05, 3.63) is 39.9 Å². The number of rotatable bonds is 2. The molecule has 110 valence electrons. The van der Waals surface area contributed by atoms with Gasteiger partial charge < -0.3 is 9.47 Å². The molecule has 0 bridgehead atoms. The van der Waals surface area contributed by atoms with Gasteiger partial charge in [0.25, 0.3) is 0 Å². The molecule has 2 atom stereocenters. The first-order valence-corrected chi connectivity index (χ1v) is 7.76. The van der Waals surface area contributed by atoms with Crippen LogP contribution in [0.4, 0.5) is 0 Å². The van der Waals surface area contributed by atoms with Crippen LogP contribution in [0.15, 0.2) is 34.3 Å². The normalized spacial score (nSPS) is 23.5. The Balaban J connectivity index is 1.87. The minimum absolute atomic E-state index is 0.0393. The van der Waals surface area contributed by atoms with E-state index in [1.54, 1.807) is 19.1 Å². The lowest BCUT2D eigenvalue weighted by atomic mass is 9.79. The maximum Gasteiger partial charge on any atom is 0.333 e. The smallest absolute Gasteiger partial charge is 0.333 e. The molecule has 1 aromatic carbocycles. The highest BCUT2D eigenvalue weighted by molar-refractivity contribution is 9.10. The van der Waals surface area contributed by atoms with Crippen molar-refractivity contribution in [3.8, 4) is 5.75 Å². The van der Waals surface area contributed by atoms with Crippen LogP contribution in [0.3, 0.4) is 0 Å². The van der Waals surface area contributed by atoms with Crippen molar-refractivity contribution in [2.75, 3.05) is 6.61 Å². The fourth-order valence-corrected chi connectivity index (χ4v) is 3.18. The predicted octanol–water partition coefficient (Wildman–Crippen LogP) is 3.29. The maximum atomic E-state index is 12.6. The second kappa shape index (κ2) is 5.64. The van der Waals surface area contributed by atoms with Gasteiger partial charge in [0.2, 0.25) is 0 Å². The van der Waals surface area contributed by atoms with Crippen LogP contribution in [-0.4, -0.2) is 24.5 Å². The SMILES string of the molecule is CCOC(=O)C1=CC[C@H]2Oc3ccc(Br)cc3C(=O)[C@@H]2C1. The molecule has 0 spiro atoms. The summed E-state index contributed by atoms with van der Waals surface area (Å²) in [6, 6.07) is 5.43. The van der Waals surface area contributed by atoms with Crippen molar-refractivity contribution >= 4 is 27.7 Å².